The number of halogens is 4. The molecule has 6 fully saturated rings. The number of fused-ring (bicyclic) bond motifs is 6. The predicted molar refractivity (Wildman–Crippen MR) is 519 cm³/mol. The van der Waals surface area contributed by atoms with E-state index in [4.69, 9.17) is 55.7 Å². The van der Waals surface area contributed by atoms with Gasteiger partial charge in [0.15, 0.2) is 17.5 Å². The van der Waals surface area contributed by atoms with Crippen LogP contribution in [0.25, 0.3) is 32.3 Å². The molecule has 4 aromatic heterocycles. The Morgan fingerprint density at radius 1 is 0.482 bits per heavy atom. The van der Waals surface area contributed by atoms with Gasteiger partial charge in [0.25, 0.3) is 17.7 Å². The number of anilines is 6. The molecule has 0 saturated carbocycles. The summed E-state index contributed by atoms with van der Waals surface area (Å²) in [4.78, 5) is 100. The van der Waals surface area contributed by atoms with Crippen molar-refractivity contribution in [2.75, 3.05) is 168 Å². The number of likely N-dealkylation sites (N-methyl/N-ethyl adjacent to an activating group) is 1. The van der Waals surface area contributed by atoms with E-state index < -0.39 is 53.3 Å². The second-order valence-electron chi connectivity index (χ2n) is 37.8. The van der Waals surface area contributed by atoms with E-state index in [1.807, 2.05) is 30.3 Å². The Hall–Kier alpha value is -13.3. The minimum absolute atomic E-state index is 0.0109. The summed E-state index contributed by atoms with van der Waals surface area (Å²) in [6.07, 6.45) is 6.71. The van der Waals surface area contributed by atoms with Crippen LogP contribution < -0.4 is 43.6 Å². The van der Waals surface area contributed by atoms with E-state index in [2.05, 4.69) is 193 Å². The van der Waals surface area contributed by atoms with Crippen LogP contribution in [0.2, 0.25) is 5.15 Å². The Labute approximate surface area is 800 Å². The van der Waals surface area contributed by atoms with E-state index in [9.17, 15) is 48.4 Å². The molecule has 8 atom stereocenters. The average Bonchev–Trinajstić information content (AvgIpc) is 1.76. The maximum Gasteiger partial charge on any atom is 0.318 e. The number of aliphatic hydroxyl groups is 1. The van der Waals surface area contributed by atoms with E-state index in [0.717, 1.165) is 139 Å². The number of carbonyl (C=O) groups is 3. The molecule has 0 aliphatic carbocycles. The molecule has 10 aromatic rings. The molecule has 3 amide bonds. The minimum Gasteiger partial charge on any atom is -0.462 e. The largest absolute Gasteiger partial charge is 0.462 e. The van der Waals surface area contributed by atoms with Gasteiger partial charge in [0.1, 0.15) is 42.4 Å². The summed E-state index contributed by atoms with van der Waals surface area (Å²) in [6, 6.07) is 46.0. The van der Waals surface area contributed by atoms with Crippen LogP contribution in [0.4, 0.5) is 47.7 Å². The maximum atomic E-state index is 14.8. The number of ether oxygens (including phenoxy) is 3. The zero-order valence-electron chi connectivity index (χ0n) is 77.6. The van der Waals surface area contributed by atoms with Gasteiger partial charge in [-0.1, -0.05) is 122 Å². The van der Waals surface area contributed by atoms with Gasteiger partial charge in [-0.2, -0.15) is 45.7 Å². The van der Waals surface area contributed by atoms with E-state index in [1.165, 1.54) is 25.8 Å². The van der Waals surface area contributed by atoms with Gasteiger partial charge in [0, 0.05) is 179 Å². The molecule has 0 spiro atoms. The lowest BCUT2D eigenvalue weighted by Crippen LogP contribution is -2.55. The quantitative estimate of drug-likeness (QED) is 0.0369. The molecule has 13 heterocycles. The molecule has 33 heteroatoms. The predicted octanol–water partition coefficient (Wildman–Crippen LogP) is 13.3. The van der Waals surface area contributed by atoms with Gasteiger partial charge in [0.05, 0.1) is 98.9 Å². The van der Waals surface area contributed by atoms with Gasteiger partial charge >= 0.3 is 18.0 Å². The highest BCUT2D eigenvalue weighted by Crippen LogP contribution is 2.47. The Kier molecular flexibility index (Phi) is 27.2. The third-order valence-electron chi connectivity index (χ3n) is 29.5. The third kappa shape index (κ3) is 19.0. The number of likely N-dealkylation sites (tertiary alicyclic amines) is 3. The molecule has 19 rings (SSSR count). The molecule has 1 N–H and O–H groups in total. The first-order chi connectivity index (χ1) is 66.5. The zero-order valence-corrected chi connectivity index (χ0v) is 78.3. The van der Waals surface area contributed by atoms with Crippen molar-refractivity contribution in [2.24, 2.45) is 0 Å². The second kappa shape index (κ2) is 40.2. The number of nitrogens with zero attached hydrogens (tertiary/aromatic N) is 22. The summed E-state index contributed by atoms with van der Waals surface area (Å²) in [5, 5.41) is 47.0. The topological polar surface area (TPSA) is 300 Å². The lowest BCUT2D eigenvalue weighted by Gasteiger charge is -2.42. The number of benzene rings is 6. The number of nitriles is 3. The van der Waals surface area contributed by atoms with E-state index in [1.54, 1.807) is 6.20 Å². The van der Waals surface area contributed by atoms with Crippen LogP contribution >= 0.6 is 11.6 Å². The summed E-state index contributed by atoms with van der Waals surface area (Å²) in [5.41, 5.74) is 14.0. The molecule has 2 unspecified atom stereocenters. The number of amides is 3. The fourth-order valence-electron chi connectivity index (χ4n) is 22.7. The molecule has 29 nitrogen and oxygen atoms in total. The maximum absolute atomic E-state index is 14.8. The minimum atomic E-state index is -1.08. The Bertz CT molecular complexity index is 6490. The molecule has 0 radical (unpaired) electrons. The normalized spacial score (nSPS) is 21.5. The smallest absolute Gasteiger partial charge is 0.318 e. The lowest BCUT2D eigenvalue weighted by molar-refractivity contribution is -0.132. The Balaban J connectivity index is 0.601. The summed E-state index contributed by atoms with van der Waals surface area (Å²) in [7, 11) is 2.13. The number of rotatable bonds is 27. The number of aliphatic hydroxyl groups excluding tert-OH is 1. The average molecular weight is 1870 g/mol. The van der Waals surface area contributed by atoms with Gasteiger partial charge in [-0.3, -0.25) is 29.1 Å². The number of carbonyl (C=O) groups excluding carboxylic acids is 3. The first-order valence-corrected chi connectivity index (χ1v) is 48.0. The Morgan fingerprint density at radius 3 is 1.50 bits per heavy atom. The number of aromatic nitrogens is 7. The molecule has 6 saturated heterocycles. The van der Waals surface area contributed by atoms with Gasteiger partial charge in [0.2, 0.25) is 0 Å². The summed E-state index contributed by atoms with van der Waals surface area (Å²) in [5.74, 6) is -3.59. The van der Waals surface area contributed by atoms with Crippen LogP contribution in [-0.2, 0) is 59.8 Å². The lowest BCUT2D eigenvalue weighted by atomic mass is 9.89. The van der Waals surface area contributed by atoms with Crippen LogP contribution in [0.15, 0.2) is 159 Å². The molecule has 6 aromatic carbocycles. The molecule has 9 aliphatic rings. The number of pyridine rings is 1. The number of hydrogen-bond donors (Lipinski definition) is 1. The van der Waals surface area contributed by atoms with Crippen molar-refractivity contribution in [3.63, 3.8) is 0 Å². The summed E-state index contributed by atoms with van der Waals surface area (Å²) in [6.45, 7) is 23.8. The van der Waals surface area contributed by atoms with E-state index in [0.29, 0.717) is 127 Å². The van der Waals surface area contributed by atoms with Gasteiger partial charge in [-0.25, -0.2) is 18.2 Å². The first-order valence-electron chi connectivity index (χ1n) is 47.6. The molecular weight excluding hydrogens is 1760 g/mol. The van der Waals surface area contributed by atoms with Gasteiger partial charge < -0.3 is 63.4 Å². The van der Waals surface area contributed by atoms with Crippen molar-refractivity contribution in [3.05, 3.63) is 225 Å². The van der Waals surface area contributed by atoms with Crippen LogP contribution in [0.1, 0.15) is 118 Å². The summed E-state index contributed by atoms with van der Waals surface area (Å²) < 4.78 is 64.5. The van der Waals surface area contributed by atoms with Crippen LogP contribution in [0.5, 0.6) is 18.0 Å². The number of aryl methyl sites for hydroxylation is 2. The number of β-amino-alcohol motifs (C(OH)–C–C–N with tert-alkyl or cyclic N) is 1. The highest BCUT2D eigenvalue weighted by molar-refractivity contribution is 6.35. The van der Waals surface area contributed by atoms with Crippen LogP contribution in [0.3, 0.4) is 0 Å². The molecule has 9 aliphatic heterocycles. The van der Waals surface area contributed by atoms with Gasteiger partial charge in [-0.05, 0) is 152 Å². The highest BCUT2D eigenvalue weighted by atomic mass is 35.5. The SMILES string of the molecule is C=C(F)C(=O)N1CCN(c2nc(OC[C@@H]3CCCN3CCO)nc3c2CCN(c2cc(C4C[C@@H](COc5nc6c(c(N7CCN(C(=O)C(=C)F)[C@@H](CC#N)C7)n5)CCN(c5ccc(C7C[C@@H](COc8nc9c(c(N%10CCN(C(=O)C(=C)F)[C@@H](CC#N)C%10)n8)CCN(c8cccc%10ccnc(Cl)c8%10)C9)N(C)C7)c7cccc(C)c57)C6)N(Cc5ccccc5)C4)cc4cccc(C)c24)C3)C[C@@H]1CC#N. The number of hydrogen-bond acceptors (Lipinski definition) is 26. The van der Waals surface area contributed by atoms with E-state index >= 15 is 0 Å². The highest BCUT2D eigenvalue weighted by Gasteiger charge is 2.43. The Morgan fingerprint density at radius 2 is 0.971 bits per heavy atom. The molecule has 708 valence electrons. The molecule has 0 bridgehead atoms. The number of piperazine rings is 3. The fraction of sp³-hybridized carbons (Fsp3) is 0.433. The second-order valence-corrected chi connectivity index (χ2v) is 38.1. The van der Waals surface area contributed by atoms with Crippen LogP contribution in [0, 0.1) is 47.8 Å². The summed E-state index contributed by atoms with van der Waals surface area (Å²) >= 11 is 6.84. The third-order valence-corrected chi connectivity index (χ3v) is 29.8. The molecular formula is C104H112ClF3N22O7. The van der Waals surface area contributed by atoms with Crippen molar-refractivity contribution in [1.82, 2.24) is 64.3 Å². The first kappa shape index (κ1) is 92.8. The van der Waals surface area contributed by atoms with Crippen molar-refractivity contribution < 1.29 is 46.9 Å². The fourth-order valence-corrected chi connectivity index (χ4v) is 22.9. The standard InChI is InChI=1S/C104H112ClF3N22O7/c1-64-14-10-19-71-48-72(51-91(92(64)71)123-39-31-85-88(60-123)115-102(135-61-78-20-13-36-120(78)46-47-131)116-98(85)126-42-45-130(101(134)68(5)108)77(57-126)27-34-111)73-49-80(127(54-73)52-69-16-8-7-9-17-69)63-137-104-114-87-59-122(38-30-84(87)97(118-104)125-41-44-129(100(133)67(4)107)76(56-125)26-33-110)90-24-23-81(82-21-11-15-65(2)93(82)90)74-50-79(119(6)53-74)62-136-103-113-86-58-121(89-22-12-18-70-28-35-112-95(105)94(70)89)37-29-83(86)96(117-103)124-40-43-128(99(132)66(3)106)75(55-124)25-32-109/h7-12,14-19,21-24,28,35,48,51,73-80,131H,3-5,13,20,25-27,29-31,36-47,49-50,52-63H2,1-2,6H3/t73?,74?,75-,76-,77-,78-,79-,80-/m0/s1. The van der Waals surface area contributed by atoms with Crippen molar-refractivity contribution >= 4 is 96.2 Å². The van der Waals surface area contributed by atoms with Crippen molar-refractivity contribution in [3.8, 4) is 36.2 Å². The zero-order chi connectivity index (χ0) is 95.0. The van der Waals surface area contributed by atoms with Crippen molar-refractivity contribution in [2.45, 2.75) is 152 Å². The monoisotopic (exact) mass is 1870 g/mol. The van der Waals surface area contributed by atoms with Crippen molar-refractivity contribution in [1.29, 1.82) is 15.8 Å². The molecule has 137 heavy (non-hydrogen) atoms. The van der Waals surface area contributed by atoms with E-state index in [-0.39, 0.29) is 126 Å². The van der Waals surface area contributed by atoms with Crippen LogP contribution in [-0.4, -0.2) is 262 Å². The van der Waals surface area contributed by atoms with Gasteiger partial charge in [-0.15, -0.1) is 0 Å².